The number of nitrogens with zero attached hydrogens (tertiary/aromatic N) is 4. The summed E-state index contributed by atoms with van der Waals surface area (Å²) in [4.78, 5) is 37.5. The van der Waals surface area contributed by atoms with E-state index in [-0.39, 0.29) is 28.7 Å². The molecule has 1 aliphatic carbocycles. The third-order valence-electron chi connectivity index (χ3n) is 8.39. The second-order valence-corrected chi connectivity index (χ2v) is 13.9. The SMILES string of the molecule is C=CC(=O)N(C)CC1(C)CC(n2c(NC(=O)c3ccc(-c4cnco4)s3)nc3cc(CN[C@@H](C)C(C)(C)C)ccc32)C1. The molecule has 10 heteroatoms. The van der Waals surface area contributed by atoms with E-state index in [2.05, 4.69) is 79.6 Å². The minimum atomic E-state index is -0.221. The summed E-state index contributed by atoms with van der Waals surface area (Å²) in [5.74, 6) is 0.854. The standard InChI is InChI=1S/C32H40N6O3S/c1-8-28(39)37(7)18-32(6)14-22(15-32)38-24-10-9-21(16-34-20(2)31(3,4)5)13-23(24)35-30(38)36-29(40)27-12-11-26(42-27)25-17-33-19-41-25/h8-13,17,19-20,22,34H,1,14-16,18H2,2-7H3,(H,35,36,40)/t20-,22?,32?/m0/s1. The fourth-order valence-corrected chi connectivity index (χ4v) is 6.43. The molecule has 0 bridgehead atoms. The zero-order chi connectivity index (χ0) is 30.2. The van der Waals surface area contributed by atoms with Gasteiger partial charge in [-0.25, -0.2) is 9.97 Å². The molecule has 4 aromatic rings. The monoisotopic (exact) mass is 588 g/mol. The Balaban J connectivity index is 1.41. The molecular weight excluding hydrogens is 548 g/mol. The molecule has 5 rings (SSSR count). The summed E-state index contributed by atoms with van der Waals surface area (Å²) in [6.07, 6.45) is 6.08. The Kier molecular flexibility index (Phi) is 8.13. The van der Waals surface area contributed by atoms with Gasteiger partial charge in [-0.15, -0.1) is 11.3 Å². The van der Waals surface area contributed by atoms with Crippen molar-refractivity contribution in [1.82, 2.24) is 24.8 Å². The van der Waals surface area contributed by atoms with Gasteiger partial charge in [0.25, 0.3) is 5.91 Å². The van der Waals surface area contributed by atoms with E-state index in [1.807, 2.05) is 13.1 Å². The number of oxazole rings is 1. The van der Waals surface area contributed by atoms with Gasteiger partial charge in [0, 0.05) is 32.2 Å². The first-order chi connectivity index (χ1) is 19.9. The number of hydrogen-bond acceptors (Lipinski definition) is 7. The lowest BCUT2D eigenvalue weighted by molar-refractivity contribution is -0.127. The zero-order valence-corrected chi connectivity index (χ0v) is 26.0. The van der Waals surface area contributed by atoms with Crippen LogP contribution < -0.4 is 10.6 Å². The van der Waals surface area contributed by atoms with Crippen molar-refractivity contribution in [2.75, 3.05) is 18.9 Å². The number of amides is 2. The highest BCUT2D eigenvalue weighted by Gasteiger charge is 2.43. The number of thiophene rings is 1. The molecule has 0 radical (unpaired) electrons. The lowest BCUT2D eigenvalue weighted by Gasteiger charge is -2.48. The fraction of sp³-hybridized carbons (Fsp3) is 0.438. The van der Waals surface area contributed by atoms with Crippen LogP contribution in [0, 0.1) is 10.8 Å². The van der Waals surface area contributed by atoms with Crippen molar-refractivity contribution in [1.29, 1.82) is 0 Å². The first-order valence-electron chi connectivity index (χ1n) is 14.3. The van der Waals surface area contributed by atoms with E-state index in [4.69, 9.17) is 9.40 Å². The van der Waals surface area contributed by atoms with Crippen molar-refractivity contribution < 1.29 is 14.0 Å². The van der Waals surface area contributed by atoms with Crippen LogP contribution in [0.25, 0.3) is 21.7 Å². The third kappa shape index (κ3) is 6.19. The predicted octanol–water partition coefficient (Wildman–Crippen LogP) is 6.51. The highest BCUT2D eigenvalue weighted by molar-refractivity contribution is 7.17. The number of carbonyl (C=O) groups is 2. The molecule has 0 unspecified atom stereocenters. The highest BCUT2D eigenvalue weighted by Crippen LogP contribution is 2.50. The second-order valence-electron chi connectivity index (χ2n) is 12.9. The Bertz CT molecular complexity index is 1590. The summed E-state index contributed by atoms with van der Waals surface area (Å²) in [5.41, 5.74) is 3.07. The van der Waals surface area contributed by atoms with Crippen LogP contribution in [-0.2, 0) is 11.3 Å². The molecule has 2 amide bonds. The van der Waals surface area contributed by atoms with Gasteiger partial charge in [-0.05, 0) is 66.5 Å². The van der Waals surface area contributed by atoms with Crippen LogP contribution in [-0.4, -0.2) is 50.9 Å². The van der Waals surface area contributed by atoms with Crippen molar-refractivity contribution in [2.24, 2.45) is 10.8 Å². The average molecular weight is 589 g/mol. The Morgan fingerprint density at radius 1 is 1.29 bits per heavy atom. The first-order valence-corrected chi connectivity index (χ1v) is 15.1. The van der Waals surface area contributed by atoms with Gasteiger partial charge < -0.3 is 19.2 Å². The lowest BCUT2D eigenvalue weighted by Crippen LogP contribution is -2.45. The van der Waals surface area contributed by atoms with E-state index in [0.29, 0.717) is 29.2 Å². The Labute approximate surface area is 251 Å². The maximum atomic E-state index is 13.4. The molecule has 1 atom stereocenters. The molecule has 0 spiro atoms. The van der Waals surface area contributed by atoms with Crippen LogP contribution in [0.2, 0.25) is 0 Å². The molecule has 1 aliphatic rings. The summed E-state index contributed by atoms with van der Waals surface area (Å²) in [6, 6.07) is 10.5. The summed E-state index contributed by atoms with van der Waals surface area (Å²) in [5, 5.41) is 6.72. The molecule has 0 aliphatic heterocycles. The number of hydrogen-bond donors (Lipinski definition) is 2. The highest BCUT2D eigenvalue weighted by atomic mass is 32.1. The normalized spacial score (nSPS) is 19.3. The number of benzene rings is 1. The third-order valence-corrected chi connectivity index (χ3v) is 9.49. The number of rotatable bonds is 10. The molecule has 222 valence electrons. The molecule has 2 N–H and O–H groups in total. The van der Waals surface area contributed by atoms with Gasteiger partial charge in [0.15, 0.2) is 12.2 Å². The van der Waals surface area contributed by atoms with Gasteiger partial charge in [0.05, 0.1) is 27.0 Å². The van der Waals surface area contributed by atoms with Gasteiger partial charge >= 0.3 is 0 Å². The van der Waals surface area contributed by atoms with Crippen molar-refractivity contribution in [3.63, 3.8) is 0 Å². The molecule has 9 nitrogen and oxygen atoms in total. The summed E-state index contributed by atoms with van der Waals surface area (Å²) in [7, 11) is 1.81. The van der Waals surface area contributed by atoms with Gasteiger partial charge in [-0.3, -0.25) is 14.9 Å². The number of nitrogens with one attached hydrogen (secondary N) is 2. The fourth-order valence-electron chi connectivity index (χ4n) is 5.58. The minimum absolute atomic E-state index is 0.0390. The molecule has 1 fully saturated rings. The molecule has 3 heterocycles. The van der Waals surface area contributed by atoms with Gasteiger partial charge in [0.1, 0.15) is 0 Å². The van der Waals surface area contributed by atoms with E-state index in [1.54, 1.807) is 17.2 Å². The Morgan fingerprint density at radius 3 is 2.71 bits per heavy atom. The van der Waals surface area contributed by atoms with Crippen molar-refractivity contribution in [2.45, 2.75) is 66.1 Å². The van der Waals surface area contributed by atoms with Gasteiger partial charge in [-0.1, -0.05) is 40.3 Å². The largest absolute Gasteiger partial charge is 0.443 e. The maximum absolute atomic E-state index is 13.4. The van der Waals surface area contributed by atoms with Gasteiger partial charge in [-0.2, -0.15) is 0 Å². The Morgan fingerprint density at radius 2 is 2.05 bits per heavy atom. The van der Waals surface area contributed by atoms with Crippen LogP contribution in [0.4, 0.5) is 5.95 Å². The lowest BCUT2D eigenvalue weighted by atomic mass is 9.66. The minimum Gasteiger partial charge on any atom is -0.443 e. The Hall–Kier alpha value is -3.76. The average Bonchev–Trinajstić information content (AvgIpc) is 3.68. The van der Waals surface area contributed by atoms with E-state index in [0.717, 1.165) is 40.9 Å². The number of fused-ring (bicyclic) bond motifs is 1. The van der Waals surface area contributed by atoms with E-state index in [9.17, 15) is 9.59 Å². The molecule has 1 saturated carbocycles. The van der Waals surface area contributed by atoms with Crippen LogP contribution in [0.1, 0.15) is 68.7 Å². The first kappa shape index (κ1) is 29.7. The van der Waals surface area contributed by atoms with E-state index >= 15 is 0 Å². The van der Waals surface area contributed by atoms with Gasteiger partial charge in [0.2, 0.25) is 11.9 Å². The van der Waals surface area contributed by atoms with Crippen LogP contribution in [0.3, 0.4) is 0 Å². The predicted molar refractivity (Wildman–Crippen MR) is 167 cm³/mol. The van der Waals surface area contributed by atoms with Crippen LogP contribution in [0.5, 0.6) is 0 Å². The second kappa shape index (κ2) is 11.5. The number of aromatic nitrogens is 3. The summed E-state index contributed by atoms with van der Waals surface area (Å²) in [6.45, 7) is 16.1. The molecule has 42 heavy (non-hydrogen) atoms. The van der Waals surface area contributed by atoms with Crippen molar-refractivity contribution >= 4 is 40.1 Å². The molecule has 0 saturated heterocycles. The number of imidazole rings is 1. The summed E-state index contributed by atoms with van der Waals surface area (Å²) < 4.78 is 7.55. The number of carbonyl (C=O) groups excluding carboxylic acids is 2. The van der Waals surface area contributed by atoms with E-state index < -0.39 is 0 Å². The topological polar surface area (TPSA) is 105 Å². The van der Waals surface area contributed by atoms with Crippen LogP contribution in [0.15, 0.2) is 60.0 Å². The number of likely N-dealkylation sites (N-methyl/N-ethyl adjacent to an activating group) is 1. The van der Waals surface area contributed by atoms with Crippen molar-refractivity contribution in [3.8, 4) is 10.6 Å². The molecule has 1 aromatic carbocycles. The molecule has 3 aromatic heterocycles. The number of anilines is 1. The maximum Gasteiger partial charge on any atom is 0.268 e. The quantitative estimate of drug-likeness (QED) is 0.205. The van der Waals surface area contributed by atoms with E-state index in [1.165, 1.54) is 23.8 Å². The summed E-state index contributed by atoms with van der Waals surface area (Å²) >= 11 is 1.35. The molecular formula is C32H40N6O3S. The van der Waals surface area contributed by atoms with Crippen LogP contribution >= 0.6 is 11.3 Å². The van der Waals surface area contributed by atoms with Crippen molar-refractivity contribution in [3.05, 3.63) is 66.0 Å². The zero-order valence-electron chi connectivity index (χ0n) is 25.2. The smallest absolute Gasteiger partial charge is 0.268 e.